The number of ether oxygens (including phenoxy) is 1. The van der Waals surface area contributed by atoms with E-state index in [0.717, 1.165) is 32.6 Å². The van der Waals surface area contributed by atoms with Crippen LogP contribution in [0.5, 0.6) is 0 Å². The molecule has 1 amide bonds. The van der Waals surface area contributed by atoms with Crippen molar-refractivity contribution < 1.29 is 14.3 Å². The Hall–Kier alpha value is -0.900. The number of carbonyl (C=O) groups is 2. The standard InChI is InChI=1S/C11H17NO3/c13-10-1-4-12(11(14)7-10)8-9-2-5-15-6-3-9/h9H,1-8H2. The van der Waals surface area contributed by atoms with Crippen molar-refractivity contribution in [2.45, 2.75) is 25.7 Å². The van der Waals surface area contributed by atoms with Crippen LogP contribution in [0.2, 0.25) is 0 Å². The van der Waals surface area contributed by atoms with E-state index in [2.05, 4.69) is 0 Å². The van der Waals surface area contributed by atoms with Gasteiger partial charge in [0.25, 0.3) is 0 Å². The van der Waals surface area contributed by atoms with Crippen molar-refractivity contribution >= 4 is 11.7 Å². The average Bonchev–Trinajstić information content (AvgIpc) is 2.24. The lowest BCUT2D eigenvalue weighted by Crippen LogP contribution is -2.42. The van der Waals surface area contributed by atoms with E-state index in [1.807, 2.05) is 4.90 Å². The lowest BCUT2D eigenvalue weighted by atomic mass is 9.98. The number of ketones is 1. The van der Waals surface area contributed by atoms with E-state index in [-0.39, 0.29) is 18.1 Å². The number of carbonyl (C=O) groups excluding carboxylic acids is 2. The molecule has 4 nitrogen and oxygen atoms in total. The van der Waals surface area contributed by atoms with Crippen molar-refractivity contribution in [3.8, 4) is 0 Å². The number of hydrogen-bond donors (Lipinski definition) is 0. The lowest BCUT2D eigenvalue weighted by Gasteiger charge is -2.31. The topological polar surface area (TPSA) is 46.6 Å². The van der Waals surface area contributed by atoms with Gasteiger partial charge >= 0.3 is 0 Å². The maximum atomic E-state index is 11.6. The molecule has 0 saturated carbocycles. The summed E-state index contributed by atoms with van der Waals surface area (Å²) >= 11 is 0. The van der Waals surface area contributed by atoms with Crippen LogP contribution < -0.4 is 0 Å². The highest BCUT2D eigenvalue weighted by Crippen LogP contribution is 2.18. The van der Waals surface area contributed by atoms with Gasteiger partial charge in [0.15, 0.2) is 0 Å². The van der Waals surface area contributed by atoms with Gasteiger partial charge in [-0.05, 0) is 18.8 Å². The first-order chi connectivity index (χ1) is 7.25. The van der Waals surface area contributed by atoms with Crippen LogP contribution in [0, 0.1) is 5.92 Å². The highest BCUT2D eigenvalue weighted by molar-refractivity contribution is 6.00. The first-order valence-corrected chi connectivity index (χ1v) is 5.63. The maximum absolute atomic E-state index is 11.6. The minimum atomic E-state index is 0.0118. The van der Waals surface area contributed by atoms with E-state index in [0.29, 0.717) is 18.9 Å². The smallest absolute Gasteiger partial charge is 0.230 e. The van der Waals surface area contributed by atoms with Crippen molar-refractivity contribution in [2.75, 3.05) is 26.3 Å². The highest BCUT2D eigenvalue weighted by Gasteiger charge is 2.26. The number of amides is 1. The Morgan fingerprint density at radius 2 is 2.00 bits per heavy atom. The Bertz CT molecular complexity index is 259. The molecular formula is C11H17NO3. The molecule has 84 valence electrons. The van der Waals surface area contributed by atoms with Crippen molar-refractivity contribution in [2.24, 2.45) is 5.92 Å². The van der Waals surface area contributed by atoms with Crippen molar-refractivity contribution in [3.05, 3.63) is 0 Å². The van der Waals surface area contributed by atoms with Crippen LogP contribution in [-0.2, 0) is 14.3 Å². The largest absolute Gasteiger partial charge is 0.381 e. The third-order valence-electron chi connectivity index (χ3n) is 3.18. The first kappa shape index (κ1) is 10.6. The van der Waals surface area contributed by atoms with Gasteiger partial charge in [0.05, 0.1) is 6.42 Å². The Morgan fingerprint density at radius 1 is 1.27 bits per heavy atom. The van der Waals surface area contributed by atoms with Crippen LogP contribution in [0.25, 0.3) is 0 Å². The minimum absolute atomic E-state index is 0.0118. The second-order valence-electron chi connectivity index (χ2n) is 4.36. The summed E-state index contributed by atoms with van der Waals surface area (Å²) in [6.07, 6.45) is 2.73. The molecule has 0 radical (unpaired) electrons. The summed E-state index contributed by atoms with van der Waals surface area (Å²) in [5.41, 5.74) is 0. The van der Waals surface area contributed by atoms with Crippen LogP contribution in [0.4, 0.5) is 0 Å². The van der Waals surface area contributed by atoms with E-state index < -0.39 is 0 Å². The van der Waals surface area contributed by atoms with Crippen LogP contribution >= 0.6 is 0 Å². The molecule has 2 rings (SSSR count). The molecule has 0 unspecified atom stereocenters. The summed E-state index contributed by atoms with van der Waals surface area (Å²) in [4.78, 5) is 24.4. The predicted octanol–water partition coefficient (Wildman–Crippen LogP) is 0.605. The summed E-state index contributed by atoms with van der Waals surface area (Å²) < 4.78 is 5.28. The molecule has 0 aromatic carbocycles. The molecule has 0 spiro atoms. The fourth-order valence-electron chi connectivity index (χ4n) is 2.19. The molecule has 2 saturated heterocycles. The molecule has 0 atom stereocenters. The van der Waals surface area contributed by atoms with Crippen LogP contribution in [0.1, 0.15) is 25.7 Å². The lowest BCUT2D eigenvalue weighted by molar-refractivity contribution is -0.140. The van der Waals surface area contributed by atoms with Gasteiger partial charge in [-0.15, -0.1) is 0 Å². The molecule has 2 aliphatic heterocycles. The third-order valence-corrected chi connectivity index (χ3v) is 3.18. The van der Waals surface area contributed by atoms with E-state index in [1.165, 1.54) is 0 Å². The third kappa shape index (κ3) is 2.78. The average molecular weight is 211 g/mol. The number of piperidine rings is 1. The monoisotopic (exact) mass is 211 g/mol. The van der Waals surface area contributed by atoms with Crippen molar-refractivity contribution in [1.82, 2.24) is 4.90 Å². The van der Waals surface area contributed by atoms with Crippen LogP contribution in [0.3, 0.4) is 0 Å². The number of likely N-dealkylation sites (tertiary alicyclic amines) is 1. The second kappa shape index (κ2) is 4.75. The molecule has 2 fully saturated rings. The number of rotatable bonds is 2. The molecule has 0 aromatic heterocycles. The number of hydrogen-bond acceptors (Lipinski definition) is 3. The van der Waals surface area contributed by atoms with E-state index in [1.54, 1.807) is 0 Å². The van der Waals surface area contributed by atoms with Crippen LogP contribution in [-0.4, -0.2) is 42.9 Å². The van der Waals surface area contributed by atoms with Gasteiger partial charge in [-0.25, -0.2) is 0 Å². The second-order valence-corrected chi connectivity index (χ2v) is 4.36. The summed E-state index contributed by atoms with van der Waals surface area (Å²) in [5, 5.41) is 0. The van der Waals surface area contributed by atoms with Crippen molar-refractivity contribution in [1.29, 1.82) is 0 Å². The molecular weight excluding hydrogens is 194 g/mol. The normalized spacial score (nSPS) is 24.7. The Morgan fingerprint density at radius 3 is 2.67 bits per heavy atom. The number of nitrogens with zero attached hydrogens (tertiary/aromatic N) is 1. The molecule has 4 heteroatoms. The summed E-state index contributed by atoms with van der Waals surface area (Å²) in [6, 6.07) is 0. The Balaban J connectivity index is 1.82. The zero-order chi connectivity index (χ0) is 10.7. The Labute approximate surface area is 89.6 Å². The molecule has 2 heterocycles. The van der Waals surface area contributed by atoms with Gasteiger partial charge in [-0.2, -0.15) is 0 Å². The van der Waals surface area contributed by atoms with Crippen LogP contribution in [0.15, 0.2) is 0 Å². The van der Waals surface area contributed by atoms with E-state index in [9.17, 15) is 9.59 Å². The first-order valence-electron chi connectivity index (χ1n) is 5.63. The minimum Gasteiger partial charge on any atom is -0.381 e. The fourth-order valence-corrected chi connectivity index (χ4v) is 2.19. The van der Waals surface area contributed by atoms with Gasteiger partial charge in [-0.1, -0.05) is 0 Å². The Kier molecular flexibility index (Phi) is 3.36. The molecule has 15 heavy (non-hydrogen) atoms. The van der Waals surface area contributed by atoms with Crippen molar-refractivity contribution in [3.63, 3.8) is 0 Å². The van der Waals surface area contributed by atoms with Gasteiger partial charge in [0.2, 0.25) is 5.91 Å². The number of Topliss-reactive ketones (excluding diaryl/α,β-unsaturated/α-hetero) is 1. The van der Waals surface area contributed by atoms with Gasteiger partial charge in [-0.3, -0.25) is 9.59 Å². The summed E-state index contributed by atoms with van der Waals surface area (Å²) in [5.74, 6) is 0.664. The summed E-state index contributed by atoms with van der Waals surface area (Å²) in [6.45, 7) is 3.06. The molecule has 0 aliphatic carbocycles. The van der Waals surface area contributed by atoms with Gasteiger partial charge < -0.3 is 9.64 Å². The SMILES string of the molecule is O=C1CCN(CC2CCOCC2)C(=O)C1. The zero-order valence-corrected chi connectivity index (χ0v) is 8.91. The van der Waals surface area contributed by atoms with Gasteiger partial charge in [0, 0.05) is 32.7 Å². The quantitative estimate of drug-likeness (QED) is 0.628. The maximum Gasteiger partial charge on any atom is 0.230 e. The van der Waals surface area contributed by atoms with E-state index in [4.69, 9.17) is 4.74 Å². The molecule has 0 N–H and O–H groups in total. The van der Waals surface area contributed by atoms with Gasteiger partial charge in [0.1, 0.15) is 5.78 Å². The fraction of sp³-hybridized carbons (Fsp3) is 0.818. The highest BCUT2D eigenvalue weighted by atomic mass is 16.5. The molecule has 0 bridgehead atoms. The molecule has 0 aromatic rings. The molecule has 2 aliphatic rings. The van der Waals surface area contributed by atoms with E-state index >= 15 is 0 Å². The predicted molar refractivity (Wildman–Crippen MR) is 54.4 cm³/mol. The zero-order valence-electron chi connectivity index (χ0n) is 8.91. The summed E-state index contributed by atoms with van der Waals surface area (Å²) in [7, 11) is 0.